The van der Waals surface area contributed by atoms with Crippen LogP contribution in [0, 0.1) is 22.7 Å². The monoisotopic (exact) mass is 379 g/mol. The Morgan fingerprint density at radius 2 is 1.93 bits per heavy atom. The zero-order chi connectivity index (χ0) is 19.6. The van der Waals surface area contributed by atoms with E-state index in [0.29, 0.717) is 10.9 Å². The number of nitrogens with one attached hydrogen (secondary N) is 3. The van der Waals surface area contributed by atoms with Gasteiger partial charge >= 0.3 is 0 Å². The van der Waals surface area contributed by atoms with E-state index in [0.717, 1.165) is 0 Å². The summed E-state index contributed by atoms with van der Waals surface area (Å²) in [6.07, 6.45) is 1.41. The third-order valence-corrected chi connectivity index (χ3v) is 5.31. The lowest BCUT2D eigenvalue weighted by Crippen LogP contribution is -2.19. The second-order valence-electron chi connectivity index (χ2n) is 5.55. The average Bonchev–Trinajstić information content (AvgIpc) is 3.12. The molecule has 1 heterocycles. The molecule has 134 valence electrons. The van der Waals surface area contributed by atoms with E-state index in [9.17, 15) is 18.5 Å². The molecule has 0 atom stereocenters. The molecule has 0 saturated carbocycles. The molecule has 3 rings (SSSR count). The number of fused-ring (bicyclic) bond motifs is 1. The predicted molar refractivity (Wildman–Crippen MR) is 98.4 cm³/mol. The Morgan fingerprint density at radius 1 is 1.15 bits per heavy atom. The van der Waals surface area contributed by atoms with Crippen molar-refractivity contribution in [3.05, 3.63) is 59.3 Å². The van der Waals surface area contributed by atoms with Crippen molar-refractivity contribution in [2.45, 2.75) is 4.90 Å². The lowest BCUT2D eigenvalue weighted by molar-refractivity contribution is 0.0964. The van der Waals surface area contributed by atoms with Gasteiger partial charge in [-0.3, -0.25) is 9.52 Å². The molecule has 0 bridgehead atoms. The number of sulfonamides is 1. The number of H-pyrrole nitrogens is 1. The van der Waals surface area contributed by atoms with Crippen LogP contribution < -0.4 is 10.0 Å². The first-order chi connectivity index (χ1) is 12.9. The molecule has 0 aliphatic heterocycles. The molecule has 1 amide bonds. The minimum atomic E-state index is -3.98. The number of hydrogen-bond donors (Lipinski definition) is 3. The zero-order valence-electron chi connectivity index (χ0n) is 14.1. The van der Waals surface area contributed by atoms with Gasteiger partial charge in [-0.1, -0.05) is 6.07 Å². The number of nitrogens with zero attached hydrogens (tertiary/aromatic N) is 2. The Morgan fingerprint density at radius 3 is 2.59 bits per heavy atom. The standard InChI is InChI=1S/C18H13N5O3S/c1-21-18(24)14-5-6-15(17-16(14)12(9-20)10-22-17)23-27(25,26)13-4-2-3-11(7-13)8-19/h2-7,10,22-23H,1H3,(H,21,24). The number of carbonyl (C=O) groups is 1. The molecule has 0 unspecified atom stereocenters. The Balaban J connectivity index is 2.13. The Bertz CT molecular complexity index is 1250. The Labute approximate surface area is 155 Å². The first kappa shape index (κ1) is 18.0. The van der Waals surface area contributed by atoms with Crippen LogP contribution in [-0.2, 0) is 10.0 Å². The van der Waals surface area contributed by atoms with E-state index >= 15 is 0 Å². The van der Waals surface area contributed by atoms with E-state index in [-0.39, 0.29) is 27.3 Å². The number of rotatable bonds is 4. The molecule has 0 spiro atoms. The molecular formula is C18H13N5O3S. The largest absolute Gasteiger partial charge is 0.358 e. The van der Waals surface area contributed by atoms with Crippen LogP contribution in [0.2, 0.25) is 0 Å². The maximum absolute atomic E-state index is 12.7. The number of aromatic nitrogens is 1. The normalized spacial score (nSPS) is 10.8. The topological polar surface area (TPSA) is 139 Å². The number of hydrogen-bond acceptors (Lipinski definition) is 5. The summed E-state index contributed by atoms with van der Waals surface area (Å²) in [6.45, 7) is 0. The fourth-order valence-electron chi connectivity index (χ4n) is 2.68. The second-order valence-corrected chi connectivity index (χ2v) is 7.23. The van der Waals surface area contributed by atoms with Gasteiger partial charge in [-0.05, 0) is 30.3 Å². The molecule has 2 aromatic carbocycles. The maximum Gasteiger partial charge on any atom is 0.262 e. The summed E-state index contributed by atoms with van der Waals surface area (Å²) in [7, 11) is -2.51. The van der Waals surface area contributed by atoms with Crippen LogP contribution in [0.1, 0.15) is 21.5 Å². The number of benzene rings is 2. The van der Waals surface area contributed by atoms with E-state index in [1.165, 1.54) is 49.6 Å². The van der Waals surface area contributed by atoms with E-state index < -0.39 is 15.9 Å². The van der Waals surface area contributed by atoms with Gasteiger partial charge in [-0.25, -0.2) is 8.42 Å². The van der Waals surface area contributed by atoms with Crippen molar-refractivity contribution in [1.82, 2.24) is 10.3 Å². The SMILES string of the molecule is CNC(=O)c1ccc(NS(=O)(=O)c2cccc(C#N)c2)c2[nH]cc(C#N)c12. The van der Waals surface area contributed by atoms with Gasteiger partial charge in [0.2, 0.25) is 0 Å². The third-order valence-electron chi connectivity index (χ3n) is 3.95. The summed E-state index contributed by atoms with van der Waals surface area (Å²) in [5.41, 5.74) is 1.18. The summed E-state index contributed by atoms with van der Waals surface area (Å²) < 4.78 is 27.8. The summed E-state index contributed by atoms with van der Waals surface area (Å²) in [5, 5.41) is 21.1. The van der Waals surface area contributed by atoms with Crippen molar-refractivity contribution in [1.29, 1.82) is 10.5 Å². The number of amides is 1. The van der Waals surface area contributed by atoms with Crippen molar-refractivity contribution in [3.63, 3.8) is 0 Å². The van der Waals surface area contributed by atoms with Gasteiger partial charge in [-0.15, -0.1) is 0 Å². The summed E-state index contributed by atoms with van der Waals surface area (Å²) >= 11 is 0. The van der Waals surface area contributed by atoms with Crippen LogP contribution >= 0.6 is 0 Å². The minimum absolute atomic E-state index is 0.0721. The van der Waals surface area contributed by atoms with Gasteiger partial charge < -0.3 is 10.3 Å². The van der Waals surface area contributed by atoms with Gasteiger partial charge in [0.1, 0.15) is 6.07 Å². The van der Waals surface area contributed by atoms with E-state index in [1.54, 1.807) is 0 Å². The predicted octanol–water partition coefficient (Wildman–Crippen LogP) is 2.07. The van der Waals surface area contributed by atoms with Crippen LogP contribution in [0.25, 0.3) is 10.9 Å². The van der Waals surface area contributed by atoms with Crippen LogP contribution in [-0.4, -0.2) is 26.4 Å². The smallest absolute Gasteiger partial charge is 0.262 e. The molecule has 0 saturated heterocycles. The minimum Gasteiger partial charge on any atom is -0.358 e. The van der Waals surface area contributed by atoms with Crippen molar-refractivity contribution in [2.24, 2.45) is 0 Å². The molecule has 3 N–H and O–H groups in total. The zero-order valence-corrected chi connectivity index (χ0v) is 14.9. The highest BCUT2D eigenvalue weighted by molar-refractivity contribution is 7.92. The number of aromatic amines is 1. The van der Waals surface area contributed by atoms with Crippen LogP contribution in [0.4, 0.5) is 5.69 Å². The van der Waals surface area contributed by atoms with Crippen molar-refractivity contribution in [2.75, 3.05) is 11.8 Å². The maximum atomic E-state index is 12.7. The highest BCUT2D eigenvalue weighted by Crippen LogP contribution is 2.30. The summed E-state index contributed by atoms with van der Waals surface area (Å²) in [4.78, 5) is 14.8. The summed E-state index contributed by atoms with van der Waals surface area (Å²) in [5.74, 6) is -0.396. The van der Waals surface area contributed by atoms with E-state index in [4.69, 9.17) is 5.26 Å². The first-order valence-electron chi connectivity index (χ1n) is 7.70. The van der Waals surface area contributed by atoms with Crippen LogP contribution in [0.3, 0.4) is 0 Å². The van der Waals surface area contributed by atoms with E-state index in [1.807, 2.05) is 12.1 Å². The lowest BCUT2D eigenvalue weighted by Gasteiger charge is -2.11. The fraction of sp³-hybridized carbons (Fsp3) is 0.0556. The van der Waals surface area contributed by atoms with Gasteiger partial charge in [0, 0.05) is 18.6 Å². The highest BCUT2D eigenvalue weighted by Gasteiger charge is 2.20. The molecule has 8 nitrogen and oxygen atoms in total. The lowest BCUT2D eigenvalue weighted by atomic mass is 10.1. The quantitative estimate of drug-likeness (QED) is 0.637. The Hall–Kier alpha value is -3.82. The van der Waals surface area contributed by atoms with Crippen molar-refractivity contribution >= 4 is 32.5 Å². The summed E-state index contributed by atoms with van der Waals surface area (Å²) in [6, 6.07) is 12.4. The molecule has 0 radical (unpaired) electrons. The number of nitriles is 2. The molecule has 0 aliphatic carbocycles. The van der Waals surface area contributed by atoms with Gasteiger partial charge in [0.15, 0.2) is 0 Å². The third kappa shape index (κ3) is 3.19. The highest BCUT2D eigenvalue weighted by atomic mass is 32.2. The van der Waals surface area contributed by atoms with Gasteiger partial charge in [0.25, 0.3) is 15.9 Å². The molecule has 1 aromatic heterocycles. The molecule has 3 aromatic rings. The van der Waals surface area contributed by atoms with E-state index in [2.05, 4.69) is 15.0 Å². The van der Waals surface area contributed by atoms with Crippen molar-refractivity contribution in [3.8, 4) is 12.1 Å². The van der Waals surface area contributed by atoms with Crippen LogP contribution in [0.15, 0.2) is 47.5 Å². The van der Waals surface area contributed by atoms with Gasteiger partial charge in [-0.2, -0.15) is 10.5 Å². The number of carbonyl (C=O) groups excluding carboxylic acids is 1. The molecule has 9 heteroatoms. The molecule has 0 fully saturated rings. The molecule has 0 aliphatic rings. The molecular weight excluding hydrogens is 366 g/mol. The first-order valence-corrected chi connectivity index (χ1v) is 9.19. The Kier molecular flexibility index (Phi) is 4.55. The second kappa shape index (κ2) is 6.83. The molecule has 27 heavy (non-hydrogen) atoms. The van der Waals surface area contributed by atoms with Gasteiger partial charge in [0.05, 0.1) is 38.9 Å². The van der Waals surface area contributed by atoms with Crippen LogP contribution in [0.5, 0.6) is 0 Å². The fourth-order valence-corrected chi connectivity index (χ4v) is 3.80. The number of anilines is 1. The average molecular weight is 379 g/mol. The van der Waals surface area contributed by atoms with Crippen molar-refractivity contribution < 1.29 is 13.2 Å².